The third kappa shape index (κ3) is 8.80. The summed E-state index contributed by atoms with van der Waals surface area (Å²) in [5.41, 5.74) is 1.43. The molecule has 2 heterocycles. The van der Waals surface area contributed by atoms with Gasteiger partial charge >= 0.3 is 6.09 Å². The molecular weight excluding hydrogens is 547 g/mol. The van der Waals surface area contributed by atoms with Gasteiger partial charge in [0, 0.05) is 75.0 Å². The number of hydrogen-bond acceptors (Lipinski definition) is 6. The van der Waals surface area contributed by atoms with Crippen LogP contribution in [0.15, 0.2) is 42.5 Å². The topological polar surface area (TPSA) is 65.6 Å². The molecule has 0 saturated carbocycles. The van der Waals surface area contributed by atoms with Crippen LogP contribution < -0.4 is 4.74 Å². The molecule has 2 saturated heterocycles. The minimum atomic E-state index is -0.522. The maximum absolute atomic E-state index is 13.3. The molecule has 2 atom stereocenters. The van der Waals surface area contributed by atoms with E-state index in [2.05, 4.69) is 16.7 Å². The lowest BCUT2D eigenvalue weighted by Crippen LogP contribution is -2.58. The van der Waals surface area contributed by atoms with Crippen molar-refractivity contribution in [2.75, 3.05) is 45.9 Å². The average molecular weight is 589 g/mol. The molecule has 0 bridgehead atoms. The standard InChI is InChI=1S/C31H42ClFN4O4/c1-22-18-37(23(2)17-36(22)19-24-6-9-27(33)10-7-24)29(38)21-40-28-11-8-26(32)16-25(28)20-34-12-14-35(15-13-34)30(39)41-31(3,4)5/h6-11,16,22-23H,12-15,17-21H2,1-5H3/t22-,23+/m1/s1. The van der Waals surface area contributed by atoms with E-state index in [0.717, 1.165) is 17.7 Å². The quantitative estimate of drug-likeness (QED) is 0.452. The van der Waals surface area contributed by atoms with Gasteiger partial charge in [0.1, 0.15) is 17.2 Å². The van der Waals surface area contributed by atoms with Crippen LogP contribution in [0.3, 0.4) is 0 Å². The van der Waals surface area contributed by atoms with Crippen molar-refractivity contribution in [3.63, 3.8) is 0 Å². The zero-order valence-corrected chi connectivity index (χ0v) is 25.5. The molecule has 2 fully saturated rings. The van der Waals surface area contributed by atoms with Crippen LogP contribution in [-0.4, -0.2) is 95.2 Å². The largest absolute Gasteiger partial charge is 0.483 e. The fraction of sp³-hybridized carbons (Fsp3) is 0.548. The lowest BCUT2D eigenvalue weighted by atomic mass is 10.1. The highest BCUT2D eigenvalue weighted by atomic mass is 35.5. The highest BCUT2D eigenvalue weighted by Crippen LogP contribution is 2.26. The molecular formula is C31H42ClFN4O4. The Morgan fingerprint density at radius 2 is 1.63 bits per heavy atom. The predicted octanol–water partition coefficient (Wildman–Crippen LogP) is 5.03. The molecule has 0 aliphatic carbocycles. The van der Waals surface area contributed by atoms with Gasteiger partial charge in [-0.3, -0.25) is 14.6 Å². The Kier molecular flexibility index (Phi) is 10.2. The molecule has 0 radical (unpaired) electrons. The SMILES string of the molecule is C[C@@H]1CN(C(=O)COc2ccc(Cl)cc2CN2CCN(C(=O)OC(C)(C)C)CC2)[C@@H](C)CN1Cc1ccc(F)cc1. The molecule has 224 valence electrons. The summed E-state index contributed by atoms with van der Waals surface area (Å²) in [6.45, 7) is 14.9. The van der Waals surface area contributed by atoms with Crippen LogP contribution in [-0.2, 0) is 22.6 Å². The van der Waals surface area contributed by atoms with Gasteiger partial charge in [-0.2, -0.15) is 0 Å². The third-order valence-corrected chi connectivity index (χ3v) is 7.76. The summed E-state index contributed by atoms with van der Waals surface area (Å²) in [5.74, 6) is 0.334. The van der Waals surface area contributed by atoms with Crippen molar-refractivity contribution in [2.45, 2.75) is 65.4 Å². The highest BCUT2D eigenvalue weighted by Gasteiger charge is 2.32. The second-order valence-electron chi connectivity index (χ2n) is 12.1. The van der Waals surface area contributed by atoms with Crippen LogP contribution in [0.5, 0.6) is 5.75 Å². The van der Waals surface area contributed by atoms with E-state index in [0.29, 0.717) is 56.6 Å². The maximum atomic E-state index is 13.3. The van der Waals surface area contributed by atoms with E-state index in [4.69, 9.17) is 21.1 Å². The van der Waals surface area contributed by atoms with Crippen molar-refractivity contribution < 1.29 is 23.5 Å². The summed E-state index contributed by atoms with van der Waals surface area (Å²) in [7, 11) is 0. The summed E-state index contributed by atoms with van der Waals surface area (Å²) in [5, 5.41) is 0.603. The number of carbonyl (C=O) groups is 2. The number of benzene rings is 2. The van der Waals surface area contributed by atoms with Crippen molar-refractivity contribution in [1.82, 2.24) is 19.6 Å². The molecule has 2 aromatic rings. The minimum Gasteiger partial charge on any atom is -0.483 e. The number of halogens is 2. The van der Waals surface area contributed by atoms with Crippen LogP contribution in [0.25, 0.3) is 0 Å². The number of hydrogen-bond donors (Lipinski definition) is 0. The summed E-state index contributed by atoms with van der Waals surface area (Å²) in [4.78, 5) is 33.8. The Morgan fingerprint density at radius 3 is 2.29 bits per heavy atom. The third-order valence-electron chi connectivity index (χ3n) is 7.53. The first-order valence-electron chi connectivity index (χ1n) is 14.3. The van der Waals surface area contributed by atoms with E-state index in [1.807, 2.05) is 56.9 Å². The summed E-state index contributed by atoms with van der Waals surface area (Å²) >= 11 is 6.32. The number of amides is 2. The van der Waals surface area contributed by atoms with Gasteiger partial charge in [-0.25, -0.2) is 9.18 Å². The number of nitrogens with zero attached hydrogens (tertiary/aromatic N) is 4. The Labute approximate surface area is 247 Å². The summed E-state index contributed by atoms with van der Waals surface area (Å²) in [6, 6.07) is 12.2. The zero-order valence-electron chi connectivity index (χ0n) is 24.7. The lowest BCUT2D eigenvalue weighted by Gasteiger charge is -2.44. The molecule has 8 nitrogen and oxygen atoms in total. The number of rotatable bonds is 7. The fourth-order valence-electron chi connectivity index (χ4n) is 5.28. The van der Waals surface area contributed by atoms with Gasteiger partial charge in [0.25, 0.3) is 5.91 Å². The van der Waals surface area contributed by atoms with E-state index in [1.54, 1.807) is 11.0 Å². The van der Waals surface area contributed by atoms with Crippen molar-refractivity contribution in [3.05, 3.63) is 64.4 Å². The second kappa shape index (κ2) is 13.4. The zero-order chi connectivity index (χ0) is 29.7. The minimum absolute atomic E-state index is 0.0219. The molecule has 0 unspecified atom stereocenters. The molecule has 10 heteroatoms. The molecule has 2 aliphatic rings. The molecule has 0 spiro atoms. The van der Waals surface area contributed by atoms with Crippen molar-refractivity contribution in [3.8, 4) is 5.75 Å². The van der Waals surface area contributed by atoms with E-state index in [9.17, 15) is 14.0 Å². The van der Waals surface area contributed by atoms with Crippen LogP contribution in [0.1, 0.15) is 45.7 Å². The average Bonchev–Trinajstić information content (AvgIpc) is 2.90. The smallest absolute Gasteiger partial charge is 0.410 e. The lowest BCUT2D eigenvalue weighted by molar-refractivity contribution is -0.139. The first kappa shape index (κ1) is 31.1. The molecule has 2 aromatic carbocycles. The van der Waals surface area contributed by atoms with Gasteiger partial charge in [-0.1, -0.05) is 23.7 Å². The monoisotopic (exact) mass is 588 g/mol. The summed E-state index contributed by atoms with van der Waals surface area (Å²) < 4.78 is 24.9. The van der Waals surface area contributed by atoms with Crippen molar-refractivity contribution in [2.24, 2.45) is 0 Å². The number of ether oxygens (including phenoxy) is 2. The van der Waals surface area contributed by atoms with Gasteiger partial charge in [0.15, 0.2) is 6.61 Å². The second-order valence-corrected chi connectivity index (χ2v) is 12.5. The first-order valence-corrected chi connectivity index (χ1v) is 14.6. The first-order chi connectivity index (χ1) is 19.4. The highest BCUT2D eigenvalue weighted by molar-refractivity contribution is 6.30. The molecule has 0 N–H and O–H groups in total. The summed E-state index contributed by atoms with van der Waals surface area (Å²) in [6.07, 6.45) is -0.290. The fourth-order valence-corrected chi connectivity index (χ4v) is 5.48. The van der Waals surface area contributed by atoms with Crippen molar-refractivity contribution in [1.29, 1.82) is 0 Å². The Bertz CT molecular complexity index is 1200. The van der Waals surface area contributed by atoms with Gasteiger partial charge < -0.3 is 19.3 Å². The van der Waals surface area contributed by atoms with Crippen LogP contribution in [0, 0.1) is 5.82 Å². The Balaban J connectivity index is 1.30. The van der Waals surface area contributed by atoms with Gasteiger partial charge in [0.05, 0.1) is 0 Å². The Morgan fingerprint density at radius 1 is 0.951 bits per heavy atom. The maximum Gasteiger partial charge on any atom is 0.410 e. The van der Waals surface area contributed by atoms with E-state index >= 15 is 0 Å². The molecule has 4 rings (SSSR count). The number of piperazine rings is 2. The number of carbonyl (C=O) groups excluding carboxylic acids is 2. The molecule has 41 heavy (non-hydrogen) atoms. The molecule has 0 aromatic heterocycles. The van der Waals surface area contributed by atoms with E-state index < -0.39 is 5.60 Å². The van der Waals surface area contributed by atoms with Gasteiger partial charge in [-0.15, -0.1) is 0 Å². The normalized spacial score (nSPS) is 20.7. The van der Waals surface area contributed by atoms with E-state index in [-0.39, 0.29) is 36.5 Å². The van der Waals surface area contributed by atoms with Gasteiger partial charge in [-0.05, 0) is 70.5 Å². The molecule has 2 aliphatic heterocycles. The Hall–Kier alpha value is -2.88. The van der Waals surface area contributed by atoms with Crippen LogP contribution in [0.2, 0.25) is 5.02 Å². The van der Waals surface area contributed by atoms with Crippen molar-refractivity contribution >= 4 is 23.6 Å². The van der Waals surface area contributed by atoms with E-state index in [1.165, 1.54) is 12.1 Å². The molecule has 2 amide bonds. The van der Waals surface area contributed by atoms with Crippen LogP contribution >= 0.6 is 11.6 Å². The van der Waals surface area contributed by atoms with Gasteiger partial charge in [0.2, 0.25) is 0 Å². The predicted molar refractivity (Wildman–Crippen MR) is 157 cm³/mol. The van der Waals surface area contributed by atoms with Crippen LogP contribution in [0.4, 0.5) is 9.18 Å².